The van der Waals surface area contributed by atoms with E-state index in [1.165, 1.54) is 24.2 Å². The minimum absolute atomic E-state index is 0.210. The van der Waals surface area contributed by atoms with Gasteiger partial charge >= 0.3 is 0 Å². The highest BCUT2D eigenvalue weighted by molar-refractivity contribution is 9.11. The van der Waals surface area contributed by atoms with Crippen molar-refractivity contribution in [2.45, 2.75) is 6.54 Å². The first-order valence-electron chi connectivity index (χ1n) is 3.57. The number of aromatic nitrogens is 2. The predicted molar refractivity (Wildman–Crippen MR) is 53.1 cm³/mol. The van der Waals surface area contributed by atoms with E-state index in [4.69, 9.17) is 4.74 Å². The predicted octanol–water partition coefficient (Wildman–Crippen LogP) is 1.16. The summed E-state index contributed by atoms with van der Waals surface area (Å²) >= 11 is 3.17. The number of halogens is 1. The molecule has 70 valence electrons. The fourth-order valence-corrected chi connectivity index (χ4v) is 1.14. The van der Waals surface area contributed by atoms with Gasteiger partial charge in [0.2, 0.25) is 5.75 Å². The third kappa shape index (κ3) is 2.42. The summed E-state index contributed by atoms with van der Waals surface area (Å²) in [4.78, 5) is 15.3. The molecule has 0 radical (unpaired) electrons. The summed E-state index contributed by atoms with van der Waals surface area (Å²) in [6, 6.07) is 0. The fraction of sp³-hybridized carbons (Fsp3) is 0.250. The summed E-state index contributed by atoms with van der Waals surface area (Å²) in [6.07, 6.45) is 2.83. The Morgan fingerprint density at radius 1 is 1.85 bits per heavy atom. The van der Waals surface area contributed by atoms with Crippen LogP contribution in [0.3, 0.4) is 0 Å². The number of hydrogen-bond acceptors (Lipinski definition) is 3. The topological polar surface area (TPSA) is 44.1 Å². The van der Waals surface area contributed by atoms with E-state index < -0.39 is 0 Å². The van der Waals surface area contributed by atoms with E-state index in [0.717, 1.165) is 0 Å². The normalized spacial score (nSPS) is 9.69. The molecule has 0 amide bonds. The van der Waals surface area contributed by atoms with E-state index in [2.05, 4.69) is 27.5 Å². The number of allylic oxidation sites excluding steroid dienone is 1. The number of nitrogens with zero attached hydrogens (tertiary/aromatic N) is 2. The van der Waals surface area contributed by atoms with Gasteiger partial charge in [-0.3, -0.25) is 9.36 Å². The molecule has 0 saturated carbocycles. The SMILES string of the molecule is C=C(Br)Cn1cncc(OC)c1=O. The van der Waals surface area contributed by atoms with Gasteiger partial charge in [-0.15, -0.1) is 0 Å². The first kappa shape index (κ1) is 9.98. The molecular formula is C8H9BrN2O2. The minimum atomic E-state index is -0.210. The van der Waals surface area contributed by atoms with Crippen molar-refractivity contribution >= 4 is 15.9 Å². The Balaban J connectivity index is 3.09. The van der Waals surface area contributed by atoms with Crippen molar-refractivity contribution in [2.75, 3.05) is 7.11 Å². The molecule has 0 saturated heterocycles. The standard InChI is InChI=1S/C8H9BrN2O2/c1-6(9)4-11-5-10-3-7(13-2)8(11)12/h3,5H,1,4H2,2H3. The van der Waals surface area contributed by atoms with Crippen LogP contribution in [-0.4, -0.2) is 16.7 Å². The van der Waals surface area contributed by atoms with E-state index >= 15 is 0 Å². The van der Waals surface area contributed by atoms with Gasteiger partial charge in [0.15, 0.2) is 0 Å². The first-order valence-corrected chi connectivity index (χ1v) is 4.36. The van der Waals surface area contributed by atoms with Crippen LogP contribution < -0.4 is 10.3 Å². The van der Waals surface area contributed by atoms with Gasteiger partial charge in [0.1, 0.15) is 0 Å². The van der Waals surface area contributed by atoms with E-state index in [1.807, 2.05) is 0 Å². The van der Waals surface area contributed by atoms with Gasteiger partial charge in [0, 0.05) is 4.48 Å². The summed E-state index contributed by atoms with van der Waals surface area (Å²) < 4.78 is 6.95. The van der Waals surface area contributed by atoms with Gasteiger partial charge in [-0.05, 0) is 0 Å². The Labute approximate surface area is 84.0 Å². The fourth-order valence-electron chi connectivity index (χ4n) is 0.868. The maximum atomic E-state index is 11.5. The molecule has 1 aromatic rings. The molecule has 4 nitrogen and oxygen atoms in total. The number of rotatable bonds is 3. The number of methoxy groups -OCH3 is 1. The lowest BCUT2D eigenvalue weighted by Gasteiger charge is -2.04. The summed E-state index contributed by atoms with van der Waals surface area (Å²) in [5.41, 5.74) is -0.210. The molecule has 0 N–H and O–H groups in total. The lowest BCUT2D eigenvalue weighted by Crippen LogP contribution is -2.21. The molecule has 1 aromatic heterocycles. The minimum Gasteiger partial charge on any atom is -0.490 e. The van der Waals surface area contributed by atoms with Crippen LogP contribution in [0.2, 0.25) is 0 Å². The zero-order chi connectivity index (χ0) is 9.84. The smallest absolute Gasteiger partial charge is 0.296 e. The van der Waals surface area contributed by atoms with Crippen LogP contribution in [0, 0.1) is 0 Å². The third-order valence-electron chi connectivity index (χ3n) is 1.43. The first-order chi connectivity index (χ1) is 6.15. The highest BCUT2D eigenvalue weighted by Gasteiger charge is 2.03. The van der Waals surface area contributed by atoms with E-state index in [-0.39, 0.29) is 11.3 Å². The van der Waals surface area contributed by atoms with Gasteiger partial charge in [-0.1, -0.05) is 22.5 Å². The lowest BCUT2D eigenvalue weighted by atomic mass is 10.5. The van der Waals surface area contributed by atoms with Gasteiger partial charge in [-0.2, -0.15) is 0 Å². The van der Waals surface area contributed by atoms with Crippen molar-refractivity contribution in [2.24, 2.45) is 0 Å². The van der Waals surface area contributed by atoms with Crippen molar-refractivity contribution in [1.82, 2.24) is 9.55 Å². The van der Waals surface area contributed by atoms with Crippen molar-refractivity contribution in [3.63, 3.8) is 0 Å². The number of hydrogen-bond donors (Lipinski definition) is 0. The van der Waals surface area contributed by atoms with Crippen LogP contribution in [0.5, 0.6) is 5.75 Å². The largest absolute Gasteiger partial charge is 0.490 e. The Bertz CT molecular complexity index is 373. The van der Waals surface area contributed by atoms with Gasteiger partial charge in [0.05, 0.1) is 26.2 Å². The van der Waals surface area contributed by atoms with E-state index in [9.17, 15) is 4.79 Å². The van der Waals surface area contributed by atoms with Crippen LogP contribution in [0.25, 0.3) is 0 Å². The Morgan fingerprint density at radius 3 is 3.08 bits per heavy atom. The molecular weight excluding hydrogens is 236 g/mol. The molecule has 0 unspecified atom stereocenters. The zero-order valence-corrected chi connectivity index (χ0v) is 8.74. The quantitative estimate of drug-likeness (QED) is 0.802. The second-order valence-corrected chi connectivity index (χ2v) is 3.53. The second-order valence-electron chi connectivity index (χ2n) is 2.41. The lowest BCUT2D eigenvalue weighted by molar-refractivity contribution is 0.400. The van der Waals surface area contributed by atoms with Crippen LogP contribution in [0.15, 0.2) is 28.4 Å². The van der Waals surface area contributed by atoms with Crippen molar-refractivity contribution in [3.8, 4) is 5.75 Å². The molecule has 0 aliphatic heterocycles. The van der Waals surface area contributed by atoms with Crippen molar-refractivity contribution in [1.29, 1.82) is 0 Å². The Morgan fingerprint density at radius 2 is 2.54 bits per heavy atom. The Hall–Kier alpha value is -1.10. The average Bonchev–Trinajstić information content (AvgIpc) is 2.08. The summed E-state index contributed by atoms with van der Waals surface area (Å²) in [5.74, 6) is 0.233. The molecule has 0 aliphatic rings. The molecule has 0 aliphatic carbocycles. The van der Waals surface area contributed by atoms with E-state index in [1.54, 1.807) is 0 Å². The second kappa shape index (κ2) is 4.23. The highest BCUT2D eigenvalue weighted by atomic mass is 79.9. The van der Waals surface area contributed by atoms with E-state index in [0.29, 0.717) is 11.0 Å². The molecule has 0 atom stereocenters. The summed E-state index contributed by atoms with van der Waals surface area (Å²) in [7, 11) is 1.44. The average molecular weight is 245 g/mol. The molecule has 5 heteroatoms. The highest BCUT2D eigenvalue weighted by Crippen LogP contribution is 2.04. The van der Waals surface area contributed by atoms with Gasteiger partial charge in [-0.25, -0.2) is 4.98 Å². The molecule has 1 heterocycles. The maximum Gasteiger partial charge on any atom is 0.296 e. The van der Waals surface area contributed by atoms with Crippen LogP contribution in [0.1, 0.15) is 0 Å². The summed E-state index contributed by atoms with van der Waals surface area (Å²) in [6.45, 7) is 4.03. The Kier molecular flexibility index (Phi) is 3.25. The number of ether oxygens (including phenoxy) is 1. The molecule has 0 spiro atoms. The molecule has 0 fully saturated rings. The van der Waals surface area contributed by atoms with Crippen LogP contribution in [-0.2, 0) is 6.54 Å². The molecule has 13 heavy (non-hydrogen) atoms. The third-order valence-corrected chi connectivity index (χ3v) is 1.68. The van der Waals surface area contributed by atoms with Crippen molar-refractivity contribution in [3.05, 3.63) is 33.9 Å². The van der Waals surface area contributed by atoms with Crippen LogP contribution >= 0.6 is 15.9 Å². The maximum absolute atomic E-state index is 11.5. The zero-order valence-electron chi connectivity index (χ0n) is 7.16. The van der Waals surface area contributed by atoms with Gasteiger partial charge < -0.3 is 4.74 Å². The molecule has 0 aromatic carbocycles. The molecule has 0 bridgehead atoms. The molecule has 1 rings (SSSR count). The monoisotopic (exact) mass is 244 g/mol. The van der Waals surface area contributed by atoms with Crippen molar-refractivity contribution < 1.29 is 4.74 Å². The summed E-state index contributed by atoms with van der Waals surface area (Å²) in [5, 5.41) is 0. The van der Waals surface area contributed by atoms with Gasteiger partial charge in [0.25, 0.3) is 5.56 Å². The van der Waals surface area contributed by atoms with Crippen LogP contribution in [0.4, 0.5) is 0 Å².